The number of alkyl halides is 3. The van der Waals surface area contributed by atoms with Crippen molar-refractivity contribution >= 4 is 29.9 Å². The number of aromatic hydroxyl groups is 1. The molecule has 0 radical (unpaired) electrons. The zero-order valence-electron chi connectivity index (χ0n) is 15.3. The van der Waals surface area contributed by atoms with Crippen LogP contribution in [0.25, 0.3) is 0 Å². The lowest BCUT2D eigenvalue weighted by atomic mass is 10.2. The van der Waals surface area contributed by atoms with E-state index in [4.69, 9.17) is 4.74 Å². The third-order valence-electron chi connectivity index (χ3n) is 4.02. The Kier molecular flexibility index (Phi) is 9.43. The molecule has 0 aromatic heterocycles. The molecule has 10 heteroatoms. The van der Waals surface area contributed by atoms with Crippen LogP contribution in [0.2, 0.25) is 0 Å². The lowest BCUT2D eigenvalue weighted by Crippen LogP contribution is -2.45. The Labute approximate surface area is 174 Å². The number of phenolic OH excluding ortho intramolecular Hbond substituents is 1. The van der Waals surface area contributed by atoms with Gasteiger partial charge < -0.3 is 20.5 Å². The van der Waals surface area contributed by atoms with Crippen LogP contribution in [0.3, 0.4) is 0 Å². The normalized spacial score (nSPS) is 18.1. The van der Waals surface area contributed by atoms with Crippen molar-refractivity contribution in [1.82, 2.24) is 15.5 Å². The van der Waals surface area contributed by atoms with Gasteiger partial charge in [-0.25, -0.2) is 4.99 Å². The Balaban J connectivity index is 0.00000364. The summed E-state index contributed by atoms with van der Waals surface area (Å²) in [5.74, 6) is 0.969. The number of methoxy groups -OCH3 is 1. The first-order valence-electron chi connectivity index (χ1n) is 8.50. The number of hydrogen-bond acceptors (Lipinski definition) is 4. The third kappa shape index (κ3) is 7.99. The SMILES string of the molecule is CCNC(=NCc1ccc(OC)c(O)c1)NC1CCN(CC(F)(F)F)C1.I. The number of rotatable bonds is 6. The molecular formula is C17H26F3IN4O2. The van der Waals surface area contributed by atoms with Crippen LogP contribution in [0.4, 0.5) is 13.2 Å². The van der Waals surface area contributed by atoms with E-state index < -0.39 is 12.7 Å². The number of nitrogens with zero attached hydrogens (tertiary/aromatic N) is 2. The molecule has 0 aliphatic carbocycles. The smallest absolute Gasteiger partial charge is 0.401 e. The maximum absolute atomic E-state index is 12.5. The van der Waals surface area contributed by atoms with Crippen LogP contribution < -0.4 is 15.4 Å². The standard InChI is InChI=1S/C17H25F3N4O2.HI/c1-3-21-16(22-9-12-4-5-15(26-2)14(25)8-12)23-13-6-7-24(10-13)11-17(18,19)20;/h4-5,8,13,25H,3,6-7,9-11H2,1-2H3,(H2,21,22,23);1H. The first kappa shape index (κ1) is 23.6. The van der Waals surface area contributed by atoms with Gasteiger partial charge in [-0.1, -0.05) is 6.07 Å². The summed E-state index contributed by atoms with van der Waals surface area (Å²) in [5.41, 5.74) is 0.797. The topological polar surface area (TPSA) is 69.1 Å². The first-order chi connectivity index (χ1) is 12.3. The molecule has 1 aromatic carbocycles. The van der Waals surface area contributed by atoms with Gasteiger partial charge in [0.2, 0.25) is 0 Å². The van der Waals surface area contributed by atoms with Gasteiger partial charge in [-0.3, -0.25) is 4.90 Å². The van der Waals surface area contributed by atoms with Gasteiger partial charge in [0.25, 0.3) is 0 Å². The second-order valence-electron chi connectivity index (χ2n) is 6.18. The second kappa shape index (κ2) is 10.8. The number of phenols is 1. The van der Waals surface area contributed by atoms with E-state index in [1.54, 1.807) is 18.2 Å². The van der Waals surface area contributed by atoms with Crippen LogP contribution >= 0.6 is 24.0 Å². The molecule has 1 unspecified atom stereocenters. The Morgan fingerprint density at radius 1 is 1.41 bits per heavy atom. The van der Waals surface area contributed by atoms with E-state index in [0.717, 1.165) is 5.56 Å². The van der Waals surface area contributed by atoms with E-state index in [1.165, 1.54) is 12.0 Å². The van der Waals surface area contributed by atoms with Crippen LogP contribution in [0.15, 0.2) is 23.2 Å². The maximum atomic E-state index is 12.5. The number of benzene rings is 1. The summed E-state index contributed by atoms with van der Waals surface area (Å²) in [6.45, 7) is 2.73. The van der Waals surface area contributed by atoms with Crippen molar-refractivity contribution in [2.45, 2.75) is 32.1 Å². The van der Waals surface area contributed by atoms with Crippen LogP contribution in [0, 0.1) is 0 Å². The average Bonchev–Trinajstić information content (AvgIpc) is 2.98. The average molecular weight is 502 g/mol. The molecule has 1 saturated heterocycles. The van der Waals surface area contributed by atoms with Gasteiger partial charge in [0.1, 0.15) is 0 Å². The Morgan fingerprint density at radius 3 is 2.74 bits per heavy atom. The predicted molar refractivity (Wildman–Crippen MR) is 109 cm³/mol. The Hall–Kier alpha value is -1.43. The van der Waals surface area contributed by atoms with E-state index in [9.17, 15) is 18.3 Å². The molecule has 27 heavy (non-hydrogen) atoms. The molecule has 0 amide bonds. The van der Waals surface area contributed by atoms with Crippen molar-refractivity contribution in [3.05, 3.63) is 23.8 Å². The lowest BCUT2D eigenvalue weighted by molar-refractivity contribution is -0.143. The summed E-state index contributed by atoms with van der Waals surface area (Å²) < 4.78 is 42.5. The zero-order valence-corrected chi connectivity index (χ0v) is 17.7. The molecule has 1 atom stereocenters. The van der Waals surface area contributed by atoms with E-state index in [0.29, 0.717) is 44.3 Å². The summed E-state index contributed by atoms with van der Waals surface area (Å²) in [7, 11) is 1.48. The Bertz CT molecular complexity index is 629. The monoisotopic (exact) mass is 502 g/mol. The van der Waals surface area contributed by atoms with Gasteiger partial charge in [-0.15, -0.1) is 24.0 Å². The largest absolute Gasteiger partial charge is 0.504 e. The number of aliphatic imine (C=N–C) groups is 1. The van der Waals surface area contributed by atoms with Crippen molar-refractivity contribution in [3.8, 4) is 11.5 Å². The molecule has 154 valence electrons. The minimum Gasteiger partial charge on any atom is -0.504 e. The highest BCUT2D eigenvalue weighted by molar-refractivity contribution is 14.0. The molecule has 0 bridgehead atoms. The van der Waals surface area contributed by atoms with E-state index in [2.05, 4.69) is 15.6 Å². The van der Waals surface area contributed by atoms with Crippen molar-refractivity contribution in [1.29, 1.82) is 0 Å². The number of guanidine groups is 1. The molecule has 1 aliphatic rings. The van der Waals surface area contributed by atoms with Gasteiger partial charge in [-0.05, 0) is 31.0 Å². The fourth-order valence-corrected chi connectivity index (χ4v) is 2.87. The molecule has 0 saturated carbocycles. The highest BCUT2D eigenvalue weighted by atomic mass is 127. The molecule has 3 N–H and O–H groups in total. The lowest BCUT2D eigenvalue weighted by Gasteiger charge is -2.19. The number of likely N-dealkylation sites (tertiary alicyclic amines) is 1. The summed E-state index contributed by atoms with van der Waals surface area (Å²) in [5, 5.41) is 16.1. The van der Waals surface area contributed by atoms with Crippen molar-refractivity contribution < 1.29 is 23.0 Å². The fourth-order valence-electron chi connectivity index (χ4n) is 2.87. The van der Waals surface area contributed by atoms with E-state index in [-0.39, 0.29) is 35.8 Å². The molecule has 1 aromatic rings. The number of halogens is 4. The van der Waals surface area contributed by atoms with Crippen LogP contribution in [0.1, 0.15) is 18.9 Å². The van der Waals surface area contributed by atoms with Crippen molar-refractivity contribution in [2.75, 3.05) is 33.3 Å². The molecular weight excluding hydrogens is 476 g/mol. The van der Waals surface area contributed by atoms with Gasteiger partial charge in [0, 0.05) is 25.7 Å². The highest BCUT2D eigenvalue weighted by Crippen LogP contribution is 2.26. The minimum atomic E-state index is -4.18. The molecule has 1 heterocycles. The maximum Gasteiger partial charge on any atom is 0.401 e. The van der Waals surface area contributed by atoms with Crippen LogP contribution in [0.5, 0.6) is 11.5 Å². The van der Waals surface area contributed by atoms with Crippen molar-refractivity contribution in [2.24, 2.45) is 4.99 Å². The third-order valence-corrected chi connectivity index (χ3v) is 4.02. The van der Waals surface area contributed by atoms with E-state index >= 15 is 0 Å². The number of nitrogens with one attached hydrogen (secondary N) is 2. The van der Waals surface area contributed by atoms with Crippen molar-refractivity contribution in [3.63, 3.8) is 0 Å². The quantitative estimate of drug-likeness (QED) is 0.317. The summed E-state index contributed by atoms with van der Waals surface area (Å²) in [6, 6.07) is 4.95. The first-order valence-corrected chi connectivity index (χ1v) is 8.50. The Morgan fingerprint density at radius 2 is 2.15 bits per heavy atom. The molecule has 2 rings (SSSR count). The summed E-state index contributed by atoms with van der Waals surface area (Å²) >= 11 is 0. The fraction of sp³-hybridized carbons (Fsp3) is 0.588. The minimum absolute atomic E-state index is 0. The number of hydrogen-bond donors (Lipinski definition) is 3. The second-order valence-corrected chi connectivity index (χ2v) is 6.18. The molecule has 1 aliphatic heterocycles. The molecule has 1 fully saturated rings. The highest BCUT2D eigenvalue weighted by Gasteiger charge is 2.34. The summed E-state index contributed by atoms with van der Waals surface area (Å²) in [6.07, 6.45) is -3.55. The molecule has 0 spiro atoms. The predicted octanol–water partition coefficient (Wildman–Crippen LogP) is 2.71. The van der Waals surface area contributed by atoms with Gasteiger partial charge >= 0.3 is 6.18 Å². The van der Waals surface area contributed by atoms with Gasteiger partial charge in [0.15, 0.2) is 17.5 Å². The van der Waals surface area contributed by atoms with Gasteiger partial charge in [0.05, 0.1) is 20.2 Å². The summed E-state index contributed by atoms with van der Waals surface area (Å²) in [4.78, 5) is 5.84. The van der Waals surface area contributed by atoms with Gasteiger partial charge in [-0.2, -0.15) is 13.2 Å². The van der Waals surface area contributed by atoms with Crippen LogP contribution in [-0.4, -0.2) is 61.5 Å². The van der Waals surface area contributed by atoms with E-state index in [1.807, 2.05) is 6.92 Å². The van der Waals surface area contributed by atoms with Crippen LogP contribution in [-0.2, 0) is 6.54 Å². The number of ether oxygens (including phenoxy) is 1. The molecule has 6 nitrogen and oxygen atoms in total. The zero-order chi connectivity index (χ0) is 19.2.